The van der Waals surface area contributed by atoms with Gasteiger partial charge in [0.1, 0.15) is 0 Å². The fourth-order valence-electron chi connectivity index (χ4n) is 1.62. The van der Waals surface area contributed by atoms with E-state index in [4.69, 9.17) is 0 Å². The van der Waals surface area contributed by atoms with Gasteiger partial charge in [-0.1, -0.05) is 0 Å². The van der Waals surface area contributed by atoms with Crippen LogP contribution in [0.4, 0.5) is 25.2 Å². The summed E-state index contributed by atoms with van der Waals surface area (Å²) in [5, 5.41) is 0. The predicted octanol–water partition coefficient (Wildman–Crippen LogP) is 6.81. The second-order valence-corrected chi connectivity index (χ2v) is 8.49. The van der Waals surface area contributed by atoms with Crippen molar-refractivity contribution in [3.05, 3.63) is 54.1 Å². The summed E-state index contributed by atoms with van der Waals surface area (Å²) in [4.78, 5) is 0.602. The Balaban J connectivity index is 0.000000295. The first-order valence-electron chi connectivity index (χ1n) is 6.33. The first-order chi connectivity index (χ1) is 9.72. The van der Waals surface area contributed by atoms with E-state index in [1.807, 2.05) is 0 Å². The van der Waals surface area contributed by atoms with Gasteiger partial charge in [-0.05, 0) is 0 Å². The van der Waals surface area contributed by atoms with Crippen LogP contribution in [-0.4, -0.2) is 0 Å². The van der Waals surface area contributed by atoms with Crippen LogP contribution in [0.1, 0.15) is 25.3 Å². The molecule has 0 spiro atoms. The van der Waals surface area contributed by atoms with Crippen molar-refractivity contribution in [3.63, 3.8) is 0 Å². The molecule has 0 N–H and O–H groups in total. The monoisotopic (exact) mass is 385 g/mol. The van der Waals surface area contributed by atoms with E-state index < -0.39 is 7.81 Å². The van der Waals surface area contributed by atoms with Crippen molar-refractivity contribution in [1.82, 2.24) is 0 Å². The Bertz CT molecular complexity index is 551. The molecular weight excluding hydrogens is 369 g/mol. The van der Waals surface area contributed by atoms with E-state index in [-0.39, 0.29) is 0 Å². The van der Waals surface area contributed by atoms with Crippen molar-refractivity contribution in [3.8, 4) is 0 Å². The van der Waals surface area contributed by atoms with Crippen LogP contribution in [-0.2, 0) is 15.0 Å². The molecule has 0 saturated heterocycles. The second-order valence-electron chi connectivity index (χ2n) is 4.92. The molecule has 128 valence electrons. The number of halogens is 6. The van der Waals surface area contributed by atoms with Crippen LogP contribution in [0.2, 0.25) is 4.82 Å². The van der Waals surface area contributed by atoms with Gasteiger partial charge in [0.05, 0.1) is 0 Å². The normalized spacial score (nSPS) is 18.0. The van der Waals surface area contributed by atoms with Gasteiger partial charge in [-0.15, -0.1) is 0 Å². The van der Waals surface area contributed by atoms with Gasteiger partial charge in [-0.3, -0.25) is 0 Å². The van der Waals surface area contributed by atoms with E-state index in [0.29, 0.717) is 10.7 Å². The predicted molar refractivity (Wildman–Crippen MR) is 75.8 cm³/mol. The topological polar surface area (TPSA) is 0 Å². The fourth-order valence-corrected chi connectivity index (χ4v) is 3.28. The molecule has 0 radical (unpaired) electrons. The van der Waals surface area contributed by atoms with E-state index in [0.717, 1.165) is 15.0 Å². The summed E-state index contributed by atoms with van der Waals surface area (Å²) in [5.74, 6) is 0.621. The molecule has 0 aliphatic heterocycles. The third kappa shape index (κ3) is 10.0. The SMILES string of the molecule is CC(C)c1cccc[c]1[Fe][CH]1C=CC=C1.F[P-](F)(F)(F)(F)F. The molecule has 1 aliphatic rings. The van der Waals surface area contributed by atoms with E-state index in [1.54, 1.807) is 0 Å². The van der Waals surface area contributed by atoms with Crippen LogP contribution >= 0.6 is 7.81 Å². The molecule has 0 atom stereocenters. The summed E-state index contributed by atoms with van der Waals surface area (Å²) < 4.78 is 60.7. The van der Waals surface area contributed by atoms with Crippen molar-refractivity contribution < 1.29 is 40.1 Å². The van der Waals surface area contributed by atoms with Gasteiger partial charge in [0, 0.05) is 0 Å². The van der Waals surface area contributed by atoms with Gasteiger partial charge in [0.2, 0.25) is 0 Å². The minimum absolute atomic E-state index is 0.602. The van der Waals surface area contributed by atoms with Gasteiger partial charge in [-0.2, -0.15) is 0 Å². The Morgan fingerprint density at radius 3 is 1.82 bits per heavy atom. The second kappa shape index (κ2) is 6.03. The quantitative estimate of drug-likeness (QED) is 0.305. The molecule has 0 saturated carbocycles. The number of allylic oxidation sites excluding steroid dienone is 4. The first-order valence-corrected chi connectivity index (χ1v) is 9.55. The van der Waals surface area contributed by atoms with Gasteiger partial charge in [-0.25, -0.2) is 0 Å². The Kier molecular flexibility index (Phi) is 5.28. The molecule has 1 aliphatic carbocycles. The van der Waals surface area contributed by atoms with Gasteiger partial charge in [0.15, 0.2) is 0 Å². The Labute approximate surface area is 131 Å². The van der Waals surface area contributed by atoms with E-state index in [2.05, 4.69) is 62.4 Å². The molecule has 1 aromatic carbocycles. The zero-order valence-corrected chi connectivity index (χ0v) is 13.8. The zero-order valence-electron chi connectivity index (χ0n) is 11.8. The molecule has 0 heterocycles. The van der Waals surface area contributed by atoms with E-state index in [9.17, 15) is 25.2 Å². The summed E-state index contributed by atoms with van der Waals surface area (Å²) in [7, 11) is -10.7. The van der Waals surface area contributed by atoms with E-state index in [1.165, 1.54) is 10.0 Å². The number of hydrogen-bond acceptors (Lipinski definition) is 0. The number of rotatable bonds is 3. The van der Waals surface area contributed by atoms with Crippen molar-refractivity contribution in [1.29, 1.82) is 0 Å². The Morgan fingerprint density at radius 1 is 0.909 bits per heavy atom. The summed E-state index contributed by atoms with van der Waals surface area (Å²) in [6.07, 6.45) is 8.83. The average Bonchev–Trinajstić information content (AvgIpc) is 2.78. The Hall–Kier alpha value is -0.771. The number of benzene rings is 1. The molecule has 0 aromatic heterocycles. The van der Waals surface area contributed by atoms with Crippen molar-refractivity contribution in [2.45, 2.75) is 24.6 Å². The van der Waals surface area contributed by atoms with Crippen LogP contribution in [0.15, 0.2) is 48.6 Å². The van der Waals surface area contributed by atoms with Crippen LogP contribution in [0.5, 0.6) is 0 Å². The maximum absolute atomic E-state index is 10.7. The maximum atomic E-state index is 9.87. The van der Waals surface area contributed by atoms with E-state index >= 15 is 0 Å². The molecule has 0 amide bonds. The van der Waals surface area contributed by atoms with Crippen LogP contribution in [0.25, 0.3) is 0 Å². The third-order valence-corrected chi connectivity index (χ3v) is 4.07. The van der Waals surface area contributed by atoms with Crippen molar-refractivity contribution in [2.24, 2.45) is 0 Å². The van der Waals surface area contributed by atoms with Gasteiger partial charge in [0.25, 0.3) is 0 Å². The molecule has 0 fully saturated rings. The zero-order chi connectivity index (χ0) is 17.1. The Morgan fingerprint density at radius 2 is 1.36 bits per heavy atom. The fraction of sp³-hybridized carbons (Fsp3) is 0.286. The molecule has 22 heavy (non-hydrogen) atoms. The van der Waals surface area contributed by atoms with Crippen LogP contribution in [0, 0.1) is 0 Å². The molecule has 0 unspecified atom stereocenters. The van der Waals surface area contributed by atoms with Gasteiger partial charge < -0.3 is 0 Å². The summed E-state index contributed by atoms with van der Waals surface area (Å²) in [5.41, 5.74) is 1.49. The van der Waals surface area contributed by atoms with Gasteiger partial charge >= 0.3 is 131 Å². The number of hydrogen-bond donors (Lipinski definition) is 0. The summed E-state index contributed by atoms with van der Waals surface area (Å²) in [6.45, 7) is 4.53. The molecule has 0 bridgehead atoms. The molecule has 8 heteroatoms. The summed E-state index contributed by atoms with van der Waals surface area (Å²) in [6, 6.07) is 8.79. The summed E-state index contributed by atoms with van der Waals surface area (Å²) >= 11 is 1.14. The molecule has 2 rings (SSSR count). The van der Waals surface area contributed by atoms with Crippen LogP contribution in [0.3, 0.4) is 0 Å². The van der Waals surface area contributed by atoms with Crippen molar-refractivity contribution in [2.75, 3.05) is 0 Å². The van der Waals surface area contributed by atoms with Crippen LogP contribution < -0.4 is 4.46 Å². The minimum atomic E-state index is -10.7. The third-order valence-electron chi connectivity index (χ3n) is 2.44. The molecule has 1 aromatic rings. The molecule has 0 nitrogen and oxygen atoms in total. The molecular formula is C14H16F6FeP-. The standard InChI is InChI=1S/C9H11.C5H5.F6P.Fe/c1-8(2)9-6-4-3-5-7-9;1-2-4-5-3-1;1-7(2,3,4,5)6;/h3-6,8H,1-2H3;1-5H;;/q;;-1;. The average molecular weight is 385 g/mol. The van der Waals surface area contributed by atoms with Crippen molar-refractivity contribution >= 4 is 12.3 Å². The first kappa shape index (κ1) is 19.3.